The predicted molar refractivity (Wildman–Crippen MR) is 94.2 cm³/mol. The van der Waals surface area contributed by atoms with Gasteiger partial charge >= 0.3 is 18.4 Å². The van der Waals surface area contributed by atoms with Gasteiger partial charge in [-0.2, -0.15) is 26.3 Å². The Bertz CT molecular complexity index is 732. The number of halogens is 6. The standard InChI is InChI=1S/C19H24F6N2O2/c1-12(26-7-9-27(10-8-26)16(28)29-17(2,3)4)14-11-13(18(20,21)22)5-6-15(14)19(23,24)25/h5-6,11-12H,7-10H2,1-4H3. The summed E-state index contributed by atoms with van der Waals surface area (Å²) >= 11 is 0. The average Bonchev–Trinajstić information content (AvgIpc) is 2.57. The second-order valence-electron chi connectivity index (χ2n) is 7.98. The van der Waals surface area contributed by atoms with Crippen molar-refractivity contribution >= 4 is 6.09 Å². The molecule has 1 aromatic carbocycles. The summed E-state index contributed by atoms with van der Waals surface area (Å²) < 4.78 is 84.4. The molecule has 29 heavy (non-hydrogen) atoms. The number of rotatable bonds is 2. The van der Waals surface area contributed by atoms with Gasteiger partial charge < -0.3 is 9.64 Å². The number of alkyl halides is 6. The van der Waals surface area contributed by atoms with Crippen LogP contribution in [0, 0.1) is 0 Å². The van der Waals surface area contributed by atoms with Crippen molar-refractivity contribution in [3.63, 3.8) is 0 Å². The number of hydrogen-bond donors (Lipinski definition) is 0. The fourth-order valence-electron chi connectivity index (χ4n) is 3.16. The SMILES string of the molecule is CC(c1cc(C(F)(F)F)ccc1C(F)(F)F)N1CCN(C(=O)OC(C)(C)C)CC1. The Balaban J connectivity index is 2.20. The van der Waals surface area contributed by atoms with Gasteiger partial charge in [0.1, 0.15) is 5.60 Å². The average molecular weight is 426 g/mol. The smallest absolute Gasteiger partial charge is 0.416 e. The van der Waals surface area contributed by atoms with Gasteiger partial charge in [0.05, 0.1) is 11.1 Å². The van der Waals surface area contributed by atoms with Gasteiger partial charge in [-0.1, -0.05) is 0 Å². The fourth-order valence-corrected chi connectivity index (χ4v) is 3.16. The number of ether oxygens (including phenoxy) is 1. The molecular formula is C19H24F6N2O2. The Morgan fingerprint density at radius 1 is 0.966 bits per heavy atom. The van der Waals surface area contributed by atoms with Gasteiger partial charge in [-0.05, 0) is 51.5 Å². The number of nitrogens with zero attached hydrogens (tertiary/aromatic N) is 2. The van der Waals surface area contributed by atoms with Crippen molar-refractivity contribution in [1.82, 2.24) is 9.80 Å². The lowest BCUT2D eigenvalue weighted by molar-refractivity contribution is -0.142. The monoisotopic (exact) mass is 426 g/mol. The molecule has 0 saturated carbocycles. The molecule has 0 aliphatic carbocycles. The summed E-state index contributed by atoms with van der Waals surface area (Å²) in [4.78, 5) is 15.2. The van der Waals surface area contributed by atoms with Gasteiger partial charge in [-0.3, -0.25) is 4.90 Å². The normalized spacial score (nSPS) is 17.9. The third kappa shape index (κ3) is 6.01. The Labute approximate surface area is 165 Å². The first-order valence-electron chi connectivity index (χ1n) is 9.10. The number of amides is 1. The van der Waals surface area contributed by atoms with Crippen LogP contribution < -0.4 is 0 Å². The number of piperazine rings is 1. The van der Waals surface area contributed by atoms with E-state index in [9.17, 15) is 31.1 Å². The van der Waals surface area contributed by atoms with E-state index >= 15 is 0 Å². The van der Waals surface area contributed by atoms with Crippen molar-refractivity contribution in [2.75, 3.05) is 26.2 Å². The molecule has 0 radical (unpaired) electrons. The summed E-state index contributed by atoms with van der Waals surface area (Å²) in [5.41, 5.74) is -3.33. The van der Waals surface area contributed by atoms with E-state index in [4.69, 9.17) is 4.74 Å². The molecule has 0 spiro atoms. The van der Waals surface area contributed by atoms with Gasteiger partial charge in [-0.15, -0.1) is 0 Å². The van der Waals surface area contributed by atoms with E-state index in [2.05, 4.69) is 0 Å². The Hall–Kier alpha value is -1.97. The molecule has 2 rings (SSSR count). The van der Waals surface area contributed by atoms with E-state index in [0.717, 1.165) is 0 Å². The number of benzene rings is 1. The van der Waals surface area contributed by atoms with E-state index in [1.54, 1.807) is 25.7 Å². The van der Waals surface area contributed by atoms with Gasteiger partial charge in [0.25, 0.3) is 0 Å². The van der Waals surface area contributed by atoms with Gasteiger partial charge in [0.15, 0.2) is 0 Å². The Morgan fingerprint density at radius 2 is 1.52 bits per heavy atom. The zero-order valence-electron chi connectivity index (χ0n) is 16.6. The maximum atomic E-state index is 13.4. The van der Waals surface area contributed by atoms with Crippen LogP contribution in [0.3, 0.4) is 0 Å². The van der Waals surface area contributed by atoms with Crippen molar-refractivity contribution in [3.05, 3.63) is 34.9 Å². The first kappa shape index (κ1) is 23.3. The molecule has 1 aliphatic heterocycles. The Morgan fingerprint density at radius 3 is 1.97 bits per heavy atom. The van der Waals surface area contributed by atoms with E-state index < -0.39 is 46.8 Å². The summed E-state index contributed by atoms with van der Waals surface area (Å²) in [5, 5.41) is 0. The molecule has 10 heteroatoms. The van der Waals surface area contributed by atoms with Crippen LogP contribution in [-0.2, 0) is 17.1 Å². The van der Waals surface area contributed by atoms with Gasteiger partial charge in [0.2, 0.25) is 0 Å². The molecule has 1 aliphatic rings. The molecule has 164 valence electrons. The fraction of sp³-hybridized carbons (Fsp3) is 0.632. The van der Waals surface area contributed by atoms with Crippen LogP contribution in [-0.4, -0.2) is 47.7 Å². The summed E-state index contributed by atoms with van der Waals surface area (Å²) in [6.07, 6.45) is -10.0. The van der Waals surface area contributed by atoms with Crippen molar-refractivity contribution < 1.29 is 35.9 Å². The minimum Gasteiger partial charge on any atom is -0.444 e. The molecule has 1 heterocycles. The maximum absolute atomic E-state index is 13.4. The molecular weight excluding hydrogens is 402 g/mol. The van der Waals surface area contributed by atoms with E-state index in [0.29, 0.717) is 18.2 Å². The first-order chi connectivity index (χ1) is 13.1. The highest BCUT2D eigenvalue weighted by molar-refractivity contribution is 5.68. The van der Waals surface area contributed by atoms with Crippen molar-refractivity contribution in [2.24, 2.45) is 0 Å². The molecule has 1 saturated heterocycles. The molecule has 0 aromatic heterocycles. The third-order valence-corrected chi connectivity index (χ3v) is 4.65. The van der Waals surface area contributed by atoms with Crippen LogP contribution in [0.4, 0.5) is 31.1 Å². The molecule has 0 N–H and O–H groups in total. The van der Waals surface area contributed by atoms with Crippen LogP contribution in [0.25, 0.3) is 0 Å². The lowest BCUT2D eigenvalue weighted by Gasteiger charge is -2.39. The molecule has 1 amide bonds. The number of carbonyl (C=O) groups excluding carboxylic acids is 1. The van der Waals surface area contributed by atoms with Gasteiger partial charge in [-0.25, -0.2) is 4.79 Å². The van der Waals surface area contributed by atoms with Crippen molar-refractivity contribution in [1.29, 1.82) is 0 Å². The van der Waals surface area contributed by atoms with E-state index in [1.165, 1.54) is 11.8 Å². The molecule has 1 fully saturated rings. The molecule has 1 aromatic rings. The van der Waals surface area contributed by atoms with Crippen LogP contribution in [0.1, 0.15) is 50.4 Å². The lowest BCUT2D eigenvalue weighted by Crippen LogP contribution is -2.50. The van der Waals surface area contributed by atoms with E-state index in [1.807, 2.05) is 0 Å². The summed E-state index contributed by atoms with van der Waals surface area (Å²) in [6, 6.07) is 0.577. The van der Waals surface area contributed by atoms with Crippen molar-refractivity contribution in [2.45, 2.75) is 51.7 Å². The first-order valence-corrected chi connectivity index (χ1v) is 9.10. The number of hydrogen-bond acceptors (Lipinski definition) is 3. The van der Waals surface area contributed by atoms with Gasteiger partial charge in [0, 0.05) is 32.2 Å². The summed E-state index contributed by atoms with van der Waals surface area (Å²) in [6.45, 7) is 7.44. The zero-order chi connectivity index (χ0) is 22.2. The minimum absolute atomic E-state index is 0.208. The topological polar surface area (TPSA) is 32.8 Å². The highest BCUT2D eigenvalue weighted by Crippen LogP contribution is 2.40. The third-order valence-electron chi connectivity index (χ3n) is 4.65. The molecule has 0 bridgehead atoms. The molecule has 4 nitrogen and oxygen atoms in total. The summed E-state index contributed by atoms with van der Waals surface area (Å²) in [7, 11) is 0. The predicted octanol–water partition coefficient (Wildman–Crippen LogP) is 5.34. The largest absolute Gasteiger partial charge is 0.444 e. The zero-order valence-corrected chi connectivity index (χ0v) is 16.6. The summed E-state index contributed by atoms with van der Waals surface area (Å²) in [5.74, 6) is 0. The van der Waals surface area contributed by atoms with Crippen LogP contribution in [0.2, 0.25) is 0 Å². The highest BCUT2D eigenvalue weighted by Gasteiger charge is 2.39. The van der Waals surface area contributed by atoms with E-state index in [-0.39, 0.29) is 26.2 Å². The Kier molecular flexibility index (Phi) is 6.46. The van der Waals surface area contributed by atoms with Crippen LogP contribution >= 0.6 is 0 Å². The molecule has 1 atom stereocenters. The number of carbonyl (C=O) groups is 1. The minimum atomic E-state index is -4.77. The van der Waals surface area contributed by atoms with Crippen LogP contribution in [0.15, 0.2) is 18.2 Å². The second-order valence-corrected chi connectivity index (χ2v) is 7.98. The van der Waals surface area contributed by atoms with Crippen LogP contribution in [0.5, 0.6) is 0 Å². The maximum Gasteiger partial charge on any atom is 0.416 e. The highest BCUT2D eigenvalue weighted by atomic mass is 19.4. The second kappa shape index (κ2) is 8.04. The lowest BCUT2D eigenvalue weighted by atomic mass is 9.96. The van der Waals surface area contributed by atoms with Crippen molar-refractivity contribution in [3.8, 4) is 0 Å². The quantitative estimate of drug-likeness (QED) is 0.599. The molecule has 1 unspecified atom stereocenters.